The Morgan fingerprint density at radius 1 is 1.07 bits per heavy atom. The number of fused-ring (bicyclic) bond motifs is 2. The normalized spacial score (nSPS) is 12.1. The van der Waals surface area contributed by atoms with Crippen LogP contribution in [0.4, 0.5) is 33.6 Å². The summed E-state index contributed by atoms with van der Waals surface area (Å²) in [5.41, 5.74) is 2.50. The van der Waals surface area contributed by atoms with Crippen molar-refractivity contribution in [3.05, 3.63) is 53.5 Å². The first kappa shape index (κ1) is 18.1. The van der Waals surface area contributed by atoms with Crippen LogP contribution in [0.5, 0.6) is 0 Å². The van der Waals surface area contributed by atoms with Gasteiger partial charge in [-0.1, -0.05) is 0 Å². The molecule has 4 aromatic rings. The smallest absolute Gasteiger partial charge is 0.270 e. The van der Waals surface area contributed by atoms with Crippen LogP contribution < -0.4 is 10.7 Å². The lowest BCUT2D eigenvalue weighted by molar-refractivity contribution is 0.0173. The minimum Gasteiger partial charge on any atom is -0.357 e. The van der Waals surface area contributed by atoms with Crippen molar-refractivity contribution < 1.29 is 22.0 Å². The Balaban J connectivity index is 1.87. The number of H-pyrrole nitrogens is 1. The van der Waals surface area contributed by atoms with Crippen LogP contribution >= 0.6 is 0 Å². The molecule has 3 N–H and O–H groups in total. The number of benzene rings is 2. The molecule has 0 fully saturated rings. The molecule has 2 aromatic carbocycles. The Labute approximate surface area is 155 Å². The van der Waals surface area contributed by atoms with Crippen LogP contribution in [0.3, 0.4) is 0 Å². The first-order chi connectivity index (χ1) is 13.2. The molecule has 0 aliphatic carbocycles. The van der Waals surface area contributed by atoms with Gasteiger partial charge in [0.1, 0.15) is 17.2 Å². The highest BCUT2D eigenvalue weighted by molar-refractivity contribution is 5.94. The number of aromatic amines is 1. The van der Waals surface area contributed by atoms with E-state index in [1.807, 2.05) is 0 Å². The van der Waals surface area contributed by atoms with Crippen molar-refractivity contribution in [3.8, 4) is 0 Å². The summed E-state index contributed by atoms with van der Waals surface area (Å²) in [6.07, 6.45) is 1.40. The predicted octanol–water partition coefficient (Wildman–Crippen LogP) is 4.96. The van der Waals surface area contributed by atoms with Crippen molar-refractivity contribution in [3.63, 3.8) is 0 Å². The van der Waals surface area contributed by atoms with Crippen LogP contribution in [0.25, 0.3) is 21.9 Å². The van der Waals surface area contributed by atoms with Crippen LogP contribution in [0, 0.1) is 17.5 Å². The minimum atomic E-state index is -3.24. The molecule has 0 saturated heterocycles. The molecule has 0 radical (unpaired) electrons. The van der Waals surface area contributed by atoms with E-state index in [1.165, 1.54) is 17.9 Å². The lowest BCUT2D eigenvalue weighted by atomic mass is 10.1. The third kappa shape index (κ3) is 2.81. The summed E-state index contributed by atoms with van der Waals surface area (Å²) in [4.78, 5) is 6.84. The van der Waals surface area contributed by atoms with Gasteiger partial charge in [0.15, 0.2) is 5.82 Å². The van der Waals surface area contributed by atoms with Crippen molar-refractivity contribution in [1.29, 1.82) is 0 Å². The van der Waals surface area contributed by atoms with Gasteiger partial charge < -0.3 is 15.7 Å². The van der Waals surface area contributed by atoms with E-state index in [0.717, 1.165) is 24.3 Å². The van der Waals surface area contributed by atoms with E-state index in [2.05, 4.69) is 20.7 Å². The summed E-state index contributed by atoms with van der Waals surface area (Å²) in [6.45, 7) is 0.664. The molecule has 0 aliphatic rings. The first-order valence-corrected chi connectivity index (χ1v) is 8.20. The molecule has 5 nitrogen and oxygen atoms in total. The molecule has 0 saturated carbocycles. The molecule has 4 rings (SSSR count). The first-order valence-electron chi connectivity index (χ1n) is 8.20. The second-order valence-electron chi connectivity index (χ2n) is 6.35. The summed E-state index contributed by atoms with van der Waals surface area (Å²) < 4.78 is 70.4. The number of hydrogen-bond acceptors (Lipinski definition) is 3. The van der Waals surface area contributed by atoms with Crippen LogP contribution in [0.1, 0.15) is 12.5 Å². The molecular weight excluding hydrogens is 381 g/mol. The van der Waals surface area contributed by atoms with Gasteiger partial charge in [0.25, 0.3) is 5.92 Å². The summed E-state index contributed by atoms with van der Waals surface area (Å²) in [6, 6.07) is 3.71. The number of hydrogen-bond donors (Lipinski definition) is 3. The van der Waals surface area contributed by atoms with Gasteiger partial charge in [0, 0.05) is 37.2 Å². The number of rotatable bonds is 4. The fourth-order valence-corrected chi connectivity index (χ4v) is 3.09. The van der Waals surface area contributed by atoms with Gasteiger partial charge in [0.05, 0.1) is 16.7 Å². The quantitative estimate of drug-likeness (QED) is 0.428. The summed E-state index contributed by atoms with van der Waals surface area (Å²) in [5, 5.41) is 3.06. The molecule has 146 valence electrons. The van der Waals surface area contributed by atoms with Crippen LogP contribution in [-0.2, 0) is 5.92 Å². The van der Waals surface area contributed by atoms with E-state index < -0.39 is 28.9 Å². The van der Waals surface area contributed by atoms with Crippen LogP contribution in [0.15, 0.2) is 30.5 Å². The maximum Gasteiger partial charge on any atom is 0.270 e. The minimum absolute atomic E-state index is 0.00872. The molecule has 2 heterocycles. The van der Waals surface area contributed by atoms with Crippen molar-refractivity contribution in [2.45, 2.75) is 12.8 Å². The predicted molar refractivity (Wildman–Crippen MR) is 96.0 cm³/mol. The van der Waals surface area contributed by atoms with Gasteiger partial charge in [-0.25, -0.2) is 31.6 Å². The fraction of sp³-hybridized carbons (Fsp3) is 0.167. The van der Waals surface area contributed by atoms with Gasteiger partial charge >= 0.3 is 0 Å². The monoisotopic (exact) mass is 395 g/mol. The van der Waals surface area contributed by atoms with E-state index >= 15 is 0 Å². The van der Waals surface area contributed by atoms with Gasteiger partial charge in [0.2, 0.25) is 5.95 Å². The molecule has 0 bridgehead atoms. The average Bonchev–Trinajstić information content (AvgIpc) is 3.16. The number of alkyl halides is 2. The molecule has 0 unspecified atom stereocenters. The highest BCUT2D eigenvalue weighted by atomic mass is 19.3. The van der Waals surface area contributed by atoms with Gasteiger partial charge in [-0.2, -0.15) is 0 Å². The topological polar surface area (TPSA) is 57.7 Å². The van der Waals surface area contributed by atoms with E-state index in [4.69, 9.17) is 0 Å². The Kier molecular flexibility index (Phi) is 3.95. The standard InChI is InChI=1S/C18H14F5N5/c1-18(22,23)8-3-12(21)16-13(4-8)26-17(28(16)24-2)27-14-7-25-15-10(14)5-9(19)6-11(15)20/h3-7,24-25H,1-2H3,(H,26,27). The molecular formula is C18H14F5N5. The highest BCUT2D eigenvalue weighted by Crippen LogP contribution is 2.34. The van der Waals surface area contributed by atoms with E-state index in [9.17, 15) is 22.0 Å². The number of anilines is 2. The highest BCUT2D eigenvalue weighted by Gasteiger charge is 2.27. The maximum atomic E-state index is 14.5. The average molecular weight is 395 g/mol. The van der Waals surface area contributed by atoms with E-state index in [-0.39, 0.29) is 33.6 Å². The van der Waals surface area contributed by atoms with Crippen molar-refractivity contribution in [1.82, 2.24) is 14.6 Å². The molecule has 0 atom stereocenters. The summed E-state index contributed by atoms with van der Waals surface area (Å²) >= 11 is 0. The SMILES string of the molecule is CNn1c(Nc2c[nH]c3c(F)cc(F)cc23)nc2cc(C(C)(F)F)cc(F)c21. The Morgan fingerprint density at radius 2 is 1.82 bits per heavy atom. The van der Waals surface area contributed by atoms with Crippen LogP contribution in [0.2, 0.25) is 0 Å². The van der Waals surface area contributed by atoms with Gasteiger partial charge in [-0.05, 0) is 18.2 Å². The summed E-state index contributed by atoms with van der Waals surface area (Å²) in [5.74, 6) is -5.61. The van der Waals surface area contributed by atoms with Crippen LogP contribution in [-0.4, -0.2) is 21.7 Å². The fourth-order valence-electron chi connectivity index (χ4n) is 3.09. The van der Waals surface area contributed by atoms with Crippen molar-refractivity contribution >= 4 is 33.6 Å². The third-order valence-corrected chi connectivity index (χ3v) is 4.39. The molecule has 0 aliphatic heterocycles. The van der Waals surface area contributed by atoms with Gasteiger partial charge in [-0.15, -0.1) is 0 Å². The summed E-state index contributed by atoms with van der Waals surface area (Å²) in [7, 11) is 1.49. The van der Waals surface area contributed by atoms with Crippen molar-refractivity contribution in [2.75, 3.05) is 17.8 Å². The molecule has 28 heavy (non-hydrogen) atoms. The number of aromatic nitrogens is 3. The second-order valence-corrected chi connectivity index (χ2v) is 6.35. The number of nitrogens with one attached hydrogen (secondary N) is 3. The molecule has 0 spiro atoms. The number of nitrogens with zero attached hydrogens (tertiary/aromatic N) is 2. The van der Waals surface area contributed by atoms with E-state index in [0.29, 0.717) is 6.92 Å². The lowest BCUT2D eigenvalue weighted by Crippen LogP contribution is -2.13. The Hall–Kier alpha value is -3.30. The van der Waals surface area contributed by atoms with Gasteiger partial charge in [-0.3, -0.25) is 0 Å². The third-order valence-electron chi connectivity index (χ3n) is 4.39. The molecule has 10 heteroatoms. The Morgan fingerprint density at radius 3 is 2.50 bits per heavy atom. The second kappa shape index (κ2) is 6.11. The Bertz CT molecular complexity index is 1200. The van der Waals surface area contributed by atoms with Crippen molar-refractivity contribution in [2.24, 2.45) is 0 Å². The zero-order valence-electron chi connectivity index (χ0n) is 14.7. The number of imidazole rings is 1. The largest absolute Gasteiger partial charge is 0.357 e. The molecule has 0 amide bonds. The zero-order chi connectivity index (χ0) is 20.2. The maximum absolute atomic E-state index is 14.5. The van der Waals surface area contributed by atoms with E-state index in [1.54, 1.807) is 0 Å². The molecule has 2 aromatic heterocycles. The lowest BCUT2D eigenvalue weighted by Gasteiger charge is -2.12. The number of halogens is 5. The zero-order valence-corrected chi connectivity index (χ0v) is 14.7.